The maximum atomic E-state index is 12.5. The fourth-order valence-electron chi connectivity index (χ4n) is 1.65. The van der Waals surface area contributed by atoms with E-state index in [0.29, 0.717) is 26.6 Å². The van der Waals surface area contributed by atoms with Crippen LogP contribution in [0.4, 0.5) is 15.6 Å². The molecule has 0 aliphatic heterocycles. The van der Waals surface area contributed by atoms with E-state index in [2.05, 4.69) is 20.9 Å². The average molecular weight is 383 g/mol. The number of aromatic nitrogens is 1. The second kappa shape index (κ2) is 6.58. The lowest BCUT2D eigenvalue weighted by Gasteiger charge is -2.25. The van der Waals surface area contributed by atoms with E-state index >= 15 is 0 Å². The highest BCUT2D eigenvalue weighted by Crippen LogP contribution is 2.34. The third-order valence-corrected chi connectivity index (χ3v) is 4.32. The lowest BCUT2D eigenvalue weighted by Crippen LogP contribution is -2.33. The minimum absolute atomic E-state index is 0.370. The minimum Gasteiger partial charge on any atom is -0.443 e. The van der Waals surface area contributed by atoms with Gasteiger partial charge < -0.3 is 4.74 Å². The predicted molar refractivity (Wildman–Crippen MR) is 90.0 cm³/mol. The van der Waals surface area contributed by atoms with Crippen molar-refractivity contribution in [2.45, 2.75) is 26.4 Å². The summed E-state index contributed by atoms with van der Waals surface area (Å²) >= 11 is 4.33. The smallest absolute Gasteiger partial charge is 0.421 e. The number of nitrogens with zero attached hydrogens (tertiary/aromatic N) is 2. The number of halogens is 1. The van der Waals surface area contributed by atoms with Gasteiger partial charge in [-0.05, 0) is 48.8 Å². The second-order valence-corrected chi connectivity index (χ2v) is 7.18. The lowest BCUT2D eigenvalue weighted by atomic mass is 10.2. The molecule has 0 spiro atoms. The molecule has 1 aromatic carbocycles. The molecule has 1 heterocycles. The third kappa shape index (κ3) is 3.92. The standard InChI is InChI=1S/C15H15BrN2O3S/c1-15(2,3)21-14(20)18(10-7-5-4-6-8-10)13-17-12(16)11(9-19)22-13/h4-9H,1-3H3. The predicted octanol–water partition coefficient (Wildman–Crippen LogP) is 4.79. The van der Waals surface area contributed by atoms with Gasteiger partial charge in [0.1, 0.15) is 15.1 Å². The van der Waals surface area contributed by atoms with E-state index < -0.39 is 11.7 Å². The number of anilines is 2. The third-order valence-electron chi connectivity index (χ3n) is 2.49. The number of para-hydroxylation sites is 1. The van der Waals surface area contributed by atoms with Crippen molar-refractivity contribution in [1.82, 2.24) is 4.98 Å². The molecule has 0 saturated carbocycles. The Morgan fingerprint density at radius 1 is 1.32 bits per heavy atom. The zero-order valence-electron chi connectivity index (χ0n) is 12.4. The summed E-state index contributed by atoms with van der Waals surface area (Å²) in [5.74, 6) is 0. The largest absolute Gasteiger partial charge is 0.443 e. The summed E-state index contributed by atoms with van der Waals surface area (Å²) in [5, 5.41) is 0.370. The quantitative estimate of drug-likeness (QED) is 0.715. The maximum absolute atomic E-state index is 12.5. The Labute approximate surface area is 141 Å². The molecular formula is C15H15BrN2O3S. The normalized spacial score (nSPS) is 11.1. The fourth-order valence-corrected chi connectivity index (χ4v) is 3.05. The first-order valence-corrected chi connectivity index (χ1v) is 8.12. The molecule has 0 N–H and O–H groups in total. The van der Waals surface area contributed by atoms with E-state index in [1.165, 1.54) is 4.90 Å². The van der Waals surface area contributed by atoms with E-state index in [1.54, 1.807) is 32.9 Å². The van der Waals surface area contributed by atoms with Gasteiger partial charge in [0, 0.05) is 0 Å². The van der Waals surface area contributed by atoms with Crippen LogP contribution >= 0.6 is 27.3 Å². The summed E-state index contributed by atoms with van der Waals surface area (Å²) in [6, 6.07) is 9.04. The van der Waals surface area contributed by atoms with Crippen LogP contribution in [0.15, 0.2) is 34.9 Å². The topological polar surface area (TPSA) is 59.5 Å². The van der Waals surface area contributed by atoms with Crippen LogP contribution < -0.4 is 4.90 Å². The molecule has 0 unspecified atom stereocenters. The molecule has 2 aromatic rings. The summed E-state index contributed by atoms with van der Waals surface area (Å²) in [4.78, 5) is 29.5. The van der Waals surface area contributed by atoms with E-state index in [1.807, 2.05) is 18.2 Å². The molecule has 116 valence electrons. The van der Waals surface area contributed by atoms with Gasteiger partial charge in [-0.15, -0.1) is 0 Å². The molecule has 7 heteroatoms. The van der Waals surface area contributed by atoms with Crippen LogP contribution in [0.1, 0.15) is 30.4 Å². The van der Waals surface area contributed by atoms with Crippen LogP contribution in [0.25, 0.3) is 0 Å². The van der Waals surface area contributed by atoms with Gasteiger partial charge in [0.05, 0.1) is 5.69 Å². The zero-order valence-corrected chi connectivity index (χ0v) is 14.8. The Morgan fingerprint density at radius 2 is 1.95 bits per heavy atom. The summed E-state index contributed by atoms with van der Waals surface area (Å²) < 4.78 is 5.85. The van der Waals surface area contributed by atoms with Gasteiger partial charge >= 0.3 is 6.09 Å². The van der Waals surface area contributed by atoms with Gasteiger partial charge in [-0.3, -0.25) is 4.79 Å². The van der Waals surface area contributed by atoms with Crippen LogP contribution in [-0.4, -0.2) is 23.0 Å². The molecule has 0 aliphatic rings. The monoisotopic (exact) mass is 382 g/mol. The van der Waals surface area contributed by atoms with Crippen LogP contribution in [0.3, 0.4) is 0 Å². The number of benzene rings is 1. The highest BCUT2D eigenvalue weighted by molar-refractivity contribution is 9.10. The van der Waals surface area contributed by atoms with Gasteiger partial charge in [0.25, 0.3) is 0 Å². The van der Waals surface area contributed by atoms with Gasteiger partial charge in [0.15, 0.2) is 6.29 Å². The van der Waals surface area contributed by atoms with Crippen molar-refractivity contribution in [3.05, 3.63) is 39.8 Å². The average Bonchev–Trinajstić information content (AvgIpc) is 2.79. The Kier molecular flexibility index (Phi) is 4.97. The molecule has 0 saturated heterocycles. The Morgan fingerprint density at radius 3 is 2.45 bits per heavy atom. The molecule has 0 aliphatic carbocycles. The molecule has 1 aromatic heterocycles. The minimum atomic E-state index is -0.633. The van der Waals surface area contributed by atoms with Gasteiger partial charge in [-0.2, -0.15) is 0 Å². The molecule has 1 amide bonds. The summed E-state index contributed by atoms with van der Waals surface area (Å²) in [7, 11) is 0. The van der Waals surface area contributed by atoms with E-state index in [4.69, 9.17) is 4.74 Å². The summed E-state index contributed by atoms with van der Waals surface area (Å²) in [6.07, 6.45) is 0.154. The fraction of sp³-hybridized carbons (Fsp3) is 0.267. The summed E-state index contributed by atoms with van der Waals surface area (Å²) in [6.45, 7) is 5.38. The number of aldehydes is 1. The van der Waals surface area contributed by atoms with E-state index in [0.717, 1.165) is 11.3 Å². The van der Waals surface area contributed by atoms with Crippen molar-refractivity contribution in [3.8, 4) is 0 Å². The molecule has 5 nitrogen and oxygen atoms in total. The van der Waals surface area contributed by atoms with Crippen LogP contribution in [-0.2, 0) is 4.74 Å². The number of carbonyl (C=O) groups is 2. The lowest BCUT2D eigenvalue weighted by molar-refractivity contribution is 0.0599. The van der Waals surface area contributed by atoms with Crippen molar-refractivity contribution in [2.24, 2.45) is 0 Å². The van der Waals surface area contributed by atoms with Crippen molar-refractivity contribution in [1.29, 1.82) is 0 Å². The molecule has 0 fully saturated rings. The number of rotatable bonds is 3. The first-order valence-electron chi connectivity index (χ1n) is 6.51. The number of carbonyl (C=O) groups excluding carboxylic acids is 2. The highest BCUT2D eigenvalue weighted by Gasteiger charge is 2.27. The SMILES string of the molecule is CC(C)(C)OC(=O)N(c1ccccc1)c1nc(Br)c(C=O)s1. The Bertz CT molecular complexity index is 680. The molecular weight excluding hydrogens is 368 g/mol. The first kappa shape index (κ1) is 16.6. The molecule has 22 heavy (non-hydrogen) atoms. The molecule has 0 bridgehead atoms. The number of thiazole rings is 1. The van der Waals surface area contributed by atoms with Crippen LogP contribution in [0.5, 0.6) is 0 Å². The summed E-state index contributed by atoms with van der Waals surface area (Å²) in [5.41, 5.74) is -0.0121. The van der Waals surface area contributed by atoms with Crippen molar-refractivity contribution >= 4 is 50.5 Å². The van der Waals surface area contributed by atoms with Crippen molar-refractivity contribution in [3.63, 3.8) is 0 Å². The first-order chi connectivity index (χ1) is 10.3. The van der Waals surface area contributed by atoms with Crippen molar-refractivity contribution < 1.29 is 14.3 Å². The van der Waals surface area contributed by atoms with Gasteiger partial charge in [-0.25, -0.2) is 14.7 Å². The highest BCUT2D eigenvalue weighted by atomic mass is 79.9. The second-order valence-electron chi connectivity index (χ2n) is 5.42. The molecule has 0 radical (unpaired) electrons. The Hall–Kier alpha value is -1.73. The number of hydrogen-bond acceptors (Lipinski definition) is 5. The van der Waals surface area contributed by atoms with Gasteiger partial charge in [-0.1, -0.05) is 29.5 Å². The van der Waals surface area contributed by atoms with Gasteiger partial charge in [0.2, 0.25) is 5.13 Å². The number of ether oxygens (including phenoxy) is 1. The number of hydrogen-bond donors (Lipinski definition) is 0. The van der Waals surface area contributed by atoms with E-state index in [9.17, 15) is 9.59 Å². The molecule has 2 rings (SSSR count). The van der Waals surface area contributed by atoms with Crippen LogP contribution in [0, 0.1) is 0 Å². The maximum Gasteiger partial charge on any atom is 0.421 e. The number of amides is 1. The molecule has 0 atom stereocenters. The Balaban J connectivity index is 2.45. The zero-order chi connectivity index (χ0) is 16.3. The van der Waals surface area contributed by atoms with Crippen molar-refractivity contribution in [2.75, 3.05) is 4.90 Å². The van der Waals surface area contributed by atoms with Crippen LogP contribution in [0.2, 0.25) is 0 Å². The van der Waals surface area contributed by atoms with E-state index in [-0.39, 0.29) is 0 Å².